The van der Waals surface area contributed by atoms with Gasteiger partial charge < -0.3 is 10.2 Å². The fraction of sp³-hybridized carbons (Fsp3) is 0.389. The Balaban J connectivity index is 2.22. The average Bonchev–Trinajstić information content (AvgIpc) is 2.53. The molecule has 3 nitrogen and oxygen atoms in total. The molecule has 2 rings (SSSR count). The van der Waals surface area contributed by atoms with E-state index in [0.717, 1.165) is 19.5 Å². The second kappa shape index (κ2) is 7.79. The lowest BCUT2D eigenvalue weighted by Gasteiger charge is -2.26. The second-order valence-electron chi connectivity index (χ2n) is 5.29. The van der Waals surface area contributed by atoms with E-state index in [4.69, 9.17) is 0 Å². The van der Waals surface area contributed by atoms with Crippen LogP contribution < -0.4 is 10.2 Å². The third-order valence-corrected chi connectivity index (χ3v) is 3.72. The number of pyridine rings is 1. The zero-order valence-corrected chi connectivity index (χ0v) is 13.2. The van der Waals surface area contributed by atoms with Crippen LogP contribution in [-0.4, -0.2) is 18.6 Å². The van der Waals surface area contributed by atoms with Crippen molar-refractivity contribution in [2.24, 2.45) is 0 Å². The number of rotatable bonds is 7. The van der Waals surface area contributed by atoms with Gasteiger partial charge in [0.05, 0.1) is 0 Å². The Labute approximate surface area is 128 Å². The molecule has 1 unspecified atom stereocenters. The molecule has 0 saturated carbocycles. The zero-order chi connectivity index (χ0) is 15.1. The number of para-hydroxylation sites is 1. The van der Waals surface area contributed by atoms with E-state index >= 15 is 0 Å². The summed E-state index contributed by atoms with van der Waals surface area (Å²) in [6, 6.07) is 13.2. The van der Waals surface area contributed by atoms with Crippen LogP contribution in [0.1, 0.15) is 37.4 Å². The highest BCUT2D eigenvalue weighted by molar-refractivity contribution is 5.54. The predicted molar refractivity (Wildman–Crippen MR) is 89.5 cm³/mol. The van der Waals surface area contributed by atoms with Gasteiger partial charge in [-0.3, -0.25) is 4.98 Å². The number of hydrogen-bond donors (Lipinski definition) is 1. The van der Waals surface area contributed by atoms with Crippen molar-refractivity contribution in [1.29, 1.82) is 0 Å². The summed E-state index contributed by atoms with van der Waals surface area (Å²) in [7, 11) is 2.14. The molecular weight excluding hydrogens is 258 g/mol. The minimum atomic E-state index is 0.405. The molecule has 1 aromatic carbocycles. The third kappa shape index (κ3) is 4.05. The van der Waals surface area contributed by atoms with Crippen LogP contribution in [0.25, 0.3) is 0 Å². The quantitative estimate of drug-likeness (QED) is 0.838. The lowest BCUT2D eigenvalue weighted by atomic mass is 10.0. The van der Waals surface area contributed by atoms with Crippen LogP contribution in [0.5, 0.6) is 0 Å². The number of anilines is 1. The SMILES string of the molecule is CCNC(CC)c1ccccc1N(C)Cc1cccnc1. The molecule has 1 N–H and O–H groups in total. The minimum Gasteiger partial charge on any atom is -0.370 e. The van der Waals surface area contributed by atoms with Gasteiger partial charge in [-0.15, -0.1) is 0 Å². The maximum absolute atomic E-state index is 4.20. The third-order valence-electron chi connectivity index (χ3n) is 3.72. The van der Waals surface area contributed by atoms with Gasteiger partial charge >= 0.3 is 0 Å². The van der Waals surface area contributed by atoms with Gasteiger partial charge in [0, 0.05) is 37.7 Å². The lowest BCUT2D eigenvalue weighted by molar-refractivity contribution is 0.536. The van der Waals surface area contributed by atoms with E-state index in [1.807, 2.05) is 18.5 Å². The maximum Gasteiger partial charge on any atom is 0.0441 e. The van der Waals surface area contributed by atoms with Crippen LogP contribution in [0, 0.1) is 0 Å². The number of aromatic nitrogens is 1. The molecule has 0 aliphatic rings. The van der Waals surface area contributed by atoms with E-state index < -0.39 is 0 Å². The summed E-state index contributed by atoms with van der Waals surface area (Å²) in [5.41, 5.74) is 3.88. The average molecular weight is 283 g/mol. The van der Waals surface area contributed by atoms with Crippen molar-refractivity contribution < 1.29 is 0 Å². The Hall–Kier alpha value is -1.87. The summed E-state index contributed by atoms with van der Waals surface area (Å²) in [6.07, 6.45) is 4.84. The molecule has 0 radical (unpaired) electrons. The van der Waals surface area contributed by atoms with E-state index in [1.54, 1.807) is 0 Å². The van der Waals surface area contributed by atoms with E-state index in [9.17, 15) is 0 Å². The van der Waals surface area contributed by atoms with Crippen LogP contribution in [0.15, 0.2) is 48.8 Å². The molecule has 21 heavy (non-hydrogen) atoms. The predicted octanol–water partition coefficient (Wildman–Crippen LogP) is 3.78. The second-order valence-corrected chi connectivity index (χ2v) is 5.29. The fourth-order valence-corrected chi connectivity index (χ4v) is 2.70. The Morgan fingerprint density at radius 3 is 2.62 bits per heavy atom. The molecule has 1 atom stereocenters. The van der Waals surface area contributed by atoms with Crippen molar-refractivity contribution in [3.63, 3.8) is 0 Å². The Morgan fingerprint density at radius 1 is 1.14 bits per heavy atom. The van der Waals surface area contributed by atoms with Gasteiger partial charge in [-0.25, -0.2) is 0 Å². The highest BCUT2D eigenvalue weighted by Gasteiger charge is 2.14. The first-order valence-electron chi connectivity index (χ1n) is 7.68. The van der Waals surface area contributed by atoms with Crippen LogP contribution in [0.3, 0.4) is 0 Å². The van der Waals surface area contributed by atoms with E-state index in [0.29, 0.717) is 6.04 Å². The largest absolute Gasteiger partial charge is 0.370 e. The van der Waals surface area contributed by atoms with Crippen LogP contribution in [0.2, 0.25) is 0 Å². The van der Waals surface area contributed by atoms with E-state index in [1.165, 1.54) is 16.8 Å². The topological polar surface area (TPSA) is 28.2 Å². The monoisotopic (exact) mass is 283 g/mol. The van der Waals surface area contributed by atoms with E-state index in [-0.39, 0.29) is 0 Å². The normalized spacial score (nSPS) is 12.1. The van der Waals surface area contributed by atoms with Crippen molar-refractivity contribution >= 4 is 5.69 Å². The van der Waals surface area contributed by atoms with Gasteiger partial charge in [-0.1, -0.05) is 38.1 Å². The van der Waals surface area contributed by atoms with Gasteiger partial charge in [-0.05, 0) is 36.2 Å². The van der Waals surface area contributed by atoms with Crippen LogP contribution >= 0.6 is 0 Å². The molecule has 0 spiro atoms. The zero-order valence-electron chi connectivity index (χ0n) is 13.2. The fourth-order valence-electron chi connectivity index (χ4n) is 2.70. The van der Waals surface area contributed by atoms with Crippen molar-refractivity contribution in [1.82, 2.24) is 10.3 Å². The first-order valence-corrected chi connectivity index (χ1v) is 7.68. The summed E-state index contributed by atoms with van der Waals surface area (Å²) < 4.78 is 0. The van der Waals surface area contributed by atoms with Crippen molar-refractivity contribution in [3.8, 4) is 0 Å². The van der Waals surface area contributed by atoms with Gasteiger partial charge in [0.2, 0.25) is 0 Å². The molecule has 1 aromatic heterocycles. The smallest absolute Gasteiger partial charge is 0.0441 e. The standard InChI is InChI=1S/C18H25N3/c1-4-17(20-5-2)16-10-6-7-11-18(16)21(3)14-15-9-8-12-19-13-15/h6-13,17,20H,4-5,14H2,1-3H3. The Bertz CT molecular complexity index is 539. The number of nitrogens with one attached hydrogen (secondary N) is 1. The van der Waals surface area contributed by atoms with Gasteiger partial charge in [0.25, 0.3) is 0 Å². The molecule has 0 bridgehead atoms. The minimum absolute atomic E-state index is 0.405. The molecule has 0 amide bonds. The Morgan fingerprint density at radius 2 is 1.95 bits per heavy atom. The highest BCUT2D eigenvalue weighted by atomic mass is 15.1. The summed E-state index contributed by atoms with van der Waals surface area (Å²) in [4.78, 5) is 6.49. The first-order chi connectivity index (χ1) is 10.3. The Kier molecular flexibility index (Phi) is 5.76. The summed E-state index contributed by atoms with van der Waals surface area (Å²) in [5, 5.41) is 3.57. The van der Waals surface area contributed by atoms with Crippen molar-refractivity contribution in [2.45, 2.75) is 32.9 Å². The number of hydrogen-bond acceptors (Lipinski definition) is 3. The summed E-state index contributed by atoms with van der Waals surface area (Å²) in [5.74, 6) is 0. The molecular formula is C18H25N3. The van der Waals surface area contributed by atoms with Crippen LogP contribution in [0.4, 0.5) is 5.69 Å². The summed E-state index contributed by atoms with van der Waals surface area (Å²) >= 11 is 0. The molecule has 0 aliphatic carbocycles. The molecule has 2 aromatic rings. The first kappa shape index (κ1) is 15.5. The molecule has 0 fully saturated rings. The van der Waals surface area contributed by atoms with Crippen LogP contribution in [-0.2, 0) is 6.54 Å². The number of benzene rings is 1. The van der Waals surface area contributed by atoms with Gasteiger partial charge in [0.15, 0.2) is 0 Å². The van der Waals surface area contributed by atoms with E-state index in [2.05, 4.69) is 66.4 Å². The lowest BCUT2D eigenvalue weighted by Crippen LogP contribution is -2.24. The number of nitrogens with zero attached hydrogens (tertiary/aromatic N) is 2. The molecule has 3 heteroatoms. The van der Waals surface area contributed by atoms with Gasteiger partial charge in [0.1, 0.15) is 0 Å². The maximum atomic E-state index is 4.20. The molecule has 0 aliphatic heterocycles. The molecule has 1 heterocycles. The van der Waals surface area contributed by atoms with Gasteiger partial charge in [-0.2, -0.15) is 0 Å². The highest BCUT2D eigenvalue weighted by Crippen LogP contribution is 2.28. The summed E-state index contributed by atoms with van der Waals surface area (Å²) in [6.45, 7) is 6.24. The van der Waals surface area contributed by atoms with Crippen molar-refractivity contribution in [2.75, 3.05) is 18.5 Å². The molecule has 112 valence electrons. The van der Waals surface area contributed by atoms with Crippen molar-refractivity contribution in [3.05, 3.63) is 59.9 Å². The molecule has 0 saturated heterocycles.